The highest BCUT2D eigenvalue weighted by atomic mass is 35.5. The zero-order valence-corrected chi connectivity index (χ0v) is 12.4. The summed E-state index contributed by atoms with van der Waals surface area (Å²) in [5.41, 5.74) is 0.640. The van der Waals surface area contributed by atoms with Crippen LogP contribution in [0.4, 0.5) is 11.6 Å². The molecule has 0 spiro atoms. The van der Waals surface area contributed by atoms with Gasteiger partial charge in [-0.3, -0.25) is 4.79 Å². The summed E-state index contributed by atoms with van der Waals surface area (Å²) in [5, 5.41) is 6.21. The monoisotopic (exact) mass is 322 g/mol. The molecule has 7 heteroatoms. The summed E-state index contributed by atoms with van der Waals surface area (Å²) in [6, 6.07) is 6.50. The fraction of sp³-hybridized carbons (Fsp3) is 0.0714. The Balaban J connectivity index is 2.16. The quantitative estimate of drug-likeness (QED) is 0.825. The molecule has 0 unspecified atom stereocenters. The van der Waals surface area contributed by atoms with Crippen molar-refractivity contribution in [3.05, 3.63) is 58.9 Å². The van der Waals surface area contributed by atoms with Crippen molar-refractivity contribution < 1.29 is 4.79 Å². The van der Waals surface area contributed by atoms with Gasteiger partial charge in [-0.15, -0.1) is 6.58 Å². The van der Waals surface area contributed by atoms with Crippen molar-refractivity contribution in [2.45, 2.75) is 0 Å². The van der Waals surface area contributed by atoms with Gasteiger partial charge in [-0.25, -0.2) is 9.97 Å². The molecule has 0 saturated carbocycles. The van der Waals surface area contributed by atoms with Crippen LogP contribution in [0.5, 0.6) is 0 Å². The first-order valence-electron chi connectivity index (χ1n) is 6.05. The van der Waals surface area contributed by atoms with Crippen LogP contribution < -0.4 is 10.6 Å². The van der Waals surface area contributed by atoms with E-state index in [0.29, 0.717) is 23.2 Å². The van der Waals surface area contributed by atoms with E-state index in [1.165, 1.54) is 12.3 Å². The Morgan fingerprint density at radius 1 is 1.33 bits per heavy atom. The number of carbonyl (C=O) groups excluding carboxylic acids is 1. The van der Waals surface area contributed by atoms with Crippen LogP contribution in [-0.4, -0.2) is 22.4 Å². The van der Waals surface area contributed by atoms with Gasteiger partial charge in [0.2, 0.25) is 5.95 Å². The van der Waals surface area contributed by atoms with Crippen molar-refractivity contribution >= 4 is 40.7 Å². The van der Waals surface area contributed by atoms with E-state index in [2.05, 4.69) is 27.2 Å². The summed E-state index contributed by atoms with van der Waals surface area (Å²) in [6.07, 6.45) is 3.16. The smallest absolute Gasteiger partial charge is 0.274 e. The van der Waals surface area contributed by atoms with E-state index in [1.54, 1.807) is 24.3 Å². The lowest BCUT2D eigenvalue weighted by Gasteiger charge is -2.08. The zero-order chi connectivity index (χ0) is 15.2. The number of amides is 1. The largest absolute Gasteiger partial charge is 0.351 e. The Bertz CT molecular complexity index is 676. The summed E-state index contributed by atoms with van der Waals surface area (Å²) < 4.78 is 0. The summed E-state index contributed by atoms with van der Waals surface area (Å²) in [4.78, 5) is 20.3. The fourth-order valence-corrected chi connectivity index (χ4v) is 1.87. The molecule has 21 heavy (non-hydrogen) atoms. The molecule has 1 aromatic carbocycles. The highest BCUT2D eigenvalue weighted by molar-refractivity contribution is 6.44. The molecule has 0 radical (unpaired) electrons. The third-order valence-electron chi connectivity index (χ3n) is 2.49. The van der Waals surface area contributed by atoms with Gasteiger partial charge >= 0.3 is 0 Å². The molecule has 0 atom stereocenters. The molecule has 108 valence electrons. The average Bonchev–Trinajstić information content (AvgIpc) is 2.50. The van der Waals surface area contributed by atoms with E-state index < -0.39 is 5.91 Å². The van der Waals surface area contributed by atoms with E-state index in [9.17, 15) is 4.79 Å². The maximum Gasteiger partial charge on any atom is 0.274 e. The average molecular weight is 323 g/mol. The third-order valence-corrected chi connectivity index (χ3v) is 3.31. The second-order valence-corrected chi connectivity index (χ2v) is 4.78. The van der Waals surface area contributed by atoms with Crippen LogP contribution in [0.3, 0.4) is 0 Å². The number of nitrogens with one attached hydrogen (secondary N) is 2. The van der Waals surface area contributed by atoms with Gasteiger partial charge in [0.1, 0.15) is 5.69 Å². The fourth-order valence-electron chi connectivity index (χ4n) is 1.52. The number of carbonyl (C=O) groups is 1. The van der Waals surface area contributed by atoms with Gasteiger partial charge in [0.25, 0.3) is 5.91 Å². The molecule has 2 aromatic rings. The molecule has 1 heterocycles. The lowest BCUT2D eigenvalue weighted by atomic mass is 10.3. The molecule has 5 nitrogen and oxygen atoms in total. The van der Waals surface area contributed by atoms with Crippen LogP contribution in [0.2, 0.25) is 10.0 Å². The van der Waals surface area contributed by atoms with E-state index >= 15 is 0 Å². The predicted molar refractivity (Wildman–Crippen MR) is 85.1 cm³/mol. The second-order valence-electron chi connectivity index (χ2n) is 3.99. The summed E-state index contributed by atoms with van der Waals surface area (Å²) in [5.74, 6) is -0.0528. The highest BCUT2D eigenvalue weighted by Crippen LogP contribution is 2.29. The van der Waals surface area contributed by atoms with Gasteiger partial charge in [0, 0.05) is 12.7 Å². The van der Waals surface area contributed by atoms with Crippen LogP contribution >= 0.6 is 23.2 Å². The van der Waals surface area contributed by atoms with Crippen molar-refractivity contribution in [1.82, 2.24) is 9.97 Å². The van der Waals surface area contributed by atoms with Crippen molar-refractivity contribution in [1.29, 1.82) is 0 Å². The van der Waals surface area contributed by atoms with Gasteiger partial charge in [-0.1, -0.05) is 35.3 Å². The Hall–Kier alpha value is -2.11. The molecule has 2 N–H and O–H groups in total. The summed E-state index contributed by atoms with van der Waals surface area (Å²) in [7, 11) is 0. The molecule has 0 aliphatic carbocycles. The van der Waals surface area contributed by atoms with Gasteiger partial charge in [-0.2, -0.15) is 0 Å². The number of halogens is 2. The van der Waals surface area contributed by atoms with Gasteiger partial charge in [0.15, 0.2) is 0 Å². The Labute approximate surface area is 132 Å². The van der Waals surface area contributed by atoms with Crippen molar-refractivity contribution in [3.63, 3.8) is 0 Å². The Morgan fingerprint density at radius 2 is 2.14 bits per heavy atom. The van der Waals surface area contributed by atoms with Crippen LogP contribution in [0, 0.1) is 0 Å². The lowest BCUT2D eigenvalue weighted by molar-refractivity contribution is 0.102. The number of benzene rings is 1. The first-order valence-corrected chi connectivity index (χ1v) is 6.80. The topological polar surface area (TPSA) is 66.9 Å². The van der Waals surface area contributed by atoms with Crippen molar-refractivity contribution in [2.75, 3.05) is 17.2 Å². The molecule has 0 saturated heterocycles. The first kappa shape index (κ1) is 15.3. The summed E-state index contributed by atoms with van der Waals surface area (Å²) in [6.45, 7) is 4.09. The number of anilines is 2. The van der Waals surface area contributed by atoms with E-state index in [1.807, 2.05) is 0 Å². The second kappa shape index (κ2) is 7.06. The summed E-state index contributed by atoms with van der Waals surface area (Å²) >= 11 is 11.9. The van der Waals surface area contributed by atoms with Gasteiger partial charge in [-0.05, 0) is 18.2 Å². The van der Waals surface area contributed by atoms with Crippen LogP contribution in [-0.2, 0) is 0 Å². The maximum absolute atomic E-state index is 12.2. The first-order chi connectivity index (χ1) is 10.1. The molecule has 1 amide bonds. The van der Waals surface area contributed by atoms with E-state index in [0.717, 1.165) is 0 Å². The maximum atomic E-state index is 12.2. The normalized spacial score (nSPS) is 10.0. The zero-order valence-electron chi connectivity index (χ0n) is 10.9. The molecule has 1 aromatic heterocycles. The van der Waals surface area contributed by atoms with E-state index in [4.69, 9.17) is 23.2 Å². The van der Waals surface area contributed by atoms with Crippen molar-refractivity contribution in [3.8, 4) is 0 Å². The lowest BCUT2D eigenvalue weighted by Crippen LogP contribution is -2.15. The van der Waals surface area contributed by atoms with Gasteiger partial charge in [0.05, 0.1) is 15.7 Å². The van der Waals surface area contributed by atoms with Crippen LogP contribution in [0.1, 0.15) is 10.5 Å². The molecular formula is C14H12Cl2N4O. The molecule has 0 aliphatic rings. The molecular weight excluding hydrogens is 311 g/mol. The van der Waals surface area contributed by atoms with Crippen LogP contribution in [0.15, 0.2) is 43.1 Å². The minimum Gasteiger partial charge on any atom is -0.351 e. The molecule has 2 rings (SSSR count). The molecule has 0 aliphatic heterocycles. The minimum atomic E-state index is -0.400. The predicted octanol–water partition coefficient (Wildman–Crippen LogP) is 3.63. The minimum absolute atomic E-state index is 0.215. The van der Waals surface area contributed by atoms with E-state index in [-0.39, 0.29) is 10.7 Å². The number of nitrogens with zero attached hydrogens (tertiary/aromatic N) is 2. The molecule has 0 fully saturated rings. The number of hydrogen-bond donors (Lipinski definition) is 2. The Kier molecular flexibility index (Phi) is 5.14. The Morgan fingerprint density at radius 3 is 2.90 bits per heavy atom. The number of rotatable bonds is 5. The third kappa shape index (κ3) is 3.93. The van der Waals surface area contributed by atoms with Crippen LogP contribution in [0.25, 0.3) is 0 Å². The van der Waals surface area contributed by atoms with Crippen molar-refractivity contribution in [2.24, 2.45) is 0 Å². The number of hydrogen-bond acceptors (Lipinski definition) is 4. The SMILES string of the molecule is C=CCNc1nccc(C(=O)Nc2cccc(Cl)c2Cl)n1. The highest BCUT2D eigenvalue weighted by Gasteiger charge is 2.12. The standard InChI is InChI=1S/C14H12Cl2N4O/c1-2-7-17-14-18-8-6-11(20-14)13(21)19-10-5-3-4-9(15)12(10)16/h2-6,8H,1,7H2,(H,19,21)(H,17,18,20). The molecule has 0 bridgehead atoms. The number of aromatic nitrogens is 2. The van der Waals surface area contributed by atoms with Gasteiger partial charge < -0.3 is 10.6 Å².